The first-order valence-electron chi connectivity index (χ1n) is 5.70. The minimum Gasteiger partial charge on any atom is -0.374 e. The van der Waals surface area contributed by atoms with Crippen LogP contribution in [0.4, 0.5) is 0 Å². The van der Waals surface area contributed by atoms with Gasteiger partial charge in [-0.1, -0.05) is 15.9 Å². The number of hydrogen-bond donors (Lipinski definition) is 0. The Morgan fingerprint density at radius 3 is 2.69 bits per heavy atom. The van der Waals surface area contributed by atoms with Crippen LogP contribution in [-0.4, -0.2) is 49.1 Å². The van der Waals surface area contributed by atoms with Gasteiger partial charge in [-0.2, -0.15) is 4.31 Å². The van der Waals surface area contributed by atoms with E-state index in [1.165, 1.54) is 0 Å². The topological polar surface area (TPSA) is 46.6 Å². The Labute approximate surface area is 106 Å². The van der Waals surface area contributed by atoms with Gasteiger partial charge in [-0.15, -0.1) is 0 Å². The van der Waals surface area contributed by atoms with Crippen molar-refractivity contribution in [2.75, 3.05) is 24.2 Å². The fourth-order valence-corrected chi connectivity index (χ4v) is 4.47. The lowest BCUT2D eigenvalue weighted by Gasteiger charge is -2.36. The fraction of sp³-hybridized carbons (Fsp3) is 1.00. The summed E-state index contributed by atoms with van der Waals surface area (Å²) >= 11 is 3.34. The molecule has 0 amide bonds. The number of morpholine rings is 1. The smallest absolute Gasteiger partial charge is 0.214 e. The molecule has 1 saturated heterocycles. The maximum absolute atomic E-state index is 12.2. The van der Waals surface area contributed by atoms with Crippen molar-refractivity contribution >= 4 is 26.0 Å². The third-order valence-electron chi connectivity index (χ3n) is 3.12. The summed E-state index contributed by atoms with van der Waals surface area (Å²) in [6.45, 7) is 2.90. The Kier molecular flexibility index (Phi) is 3.93. The molecule has 2 unspecified atom stereocenters. The largest absolute Gasteiger partial charge is 0.374 e. The molecule has 2 atom stereocenters. The van der Waals surface area contributed by atoms with Gasteiger partial charge >= 0.3 is 0 Å². The molecule has 0 spiro atoms. The van der Waals surface area contributed by atoms with Crippen LogP contribution >= 0.6 is 15.9 Å². The molecule has 0 N–H and O–H groups in total. The zero-order chi connectivity index (χ0) is 11.8. The Hall–Kier alpha value is 0.350. The highest BCUT2D eigenvalue weighted by Crippen LogP contribution is 2.32. The van der Waals surface area contributed by atoms with Gasteiger partial charge in [0.2, 0.25) is 10.0 Å². The van der Waals surface area contributed by atoms with Gasteiger partial charge in [-0.05, 0) is 25.7 Å². The van der Waals surface area contributed by atoms with Gasteiger partial charge in [0.15, 0.2) is 0 Å². The highest BCUT2D eigenvalue weighted by Gasteiger charge is 2.37. The van der Waals surface area contributed by atoms with E-state index in [1.54, 1.807) is 4.31 Å². The molecular weight excluding hydrogens is 294 g/mol. The maximum atomic E-state index is 12.2. The van der Waals surface area contributed by atoms with Crippen molar-refractivity contribution in [2.24, 2.45) is 5.92 Å². The van der Waals surface area contributed by atoms with E-state index in [0.717, 1.165) is 12.8 Å². The number of ether oxygens (including phenoxy) is 1. The molecule has 0 aromatic heterocycles. The SMILES string of the molecule is CC1COC(CBr)CN1S(=O)(=O)CC1CC1. The second-order valence-corrected chi connectivity index (χ2v) is 7.36. The summed E-state index contributed by atoms with van der Waals surface area (Å²) in [5, 5.41) is 0.690. The molecular formula is C10H18BrNO3S. The minimum atomic E-state index is -3.08. The number of halogens is 1. The van der Waals surface area contributed by atoms with Crippen LogP contribution in [0.15, 0.2) is 0 Å². The van der Waals surface area contributed by atoms with Gasteiger partial charge in [-0.3, -0.25) is 0 Å². The van der Waals surface area contributed by atoms with Gasteiger partial charge < -0.3 is 4.74 Å². The predicted molar refractivity (Wildman–Crippen MR) is 66.2 cm³/mol. The number of rotatable bonds is 4. The quantitative estimate of drug-likeness (QED) is 0.733. The fourth-order valence-electron chi connectivity index (χ4n) is 1.95. The van der Waals surface area contributed by atoms with E-state index >= 15 is 0 Å². The lowest BCUT2D eigenvalue weighted by atomic mass is 10.2. The van der Waals surface area contributed by atoms with Crippen LogP contribution in [0.2, 0.25) is 0 Å². The van der Waals surface area contributed by atoms with Crippen LogP contribution in [-0.2, 0) is 14.8 Å². The van der Waals surface area contributed by atoms with Crippen LogP contribution in [0.5, 0.6) is 0 Å². The molecule has 2 fully saturated rings. The molecule has 1 heterocycles. The molecule has 0 aromatic carbocycles. The van der Waals surface area contributed by atoms with Gasteiger partial charge in [-0.25, -0.2) is 8.42 Å². The van der Waals surface area contributed by atoms with Crippen molar-refractivity contribution in [3.63, 3.8) is 0 Å². The van der Waals surface area contributed by atoms with Crippen molar-refractivity contribution in [3.8, 4) is 0 Å². The van der Waals surface area contributed by atoms with Gasteiger partial charge in [0.25, 0.3) is 0 Å². The van der Waals surface area contributed by atoms with Crippen LogP contribution < -0.4 is 0 Å². The van der Waals surface area contributed by atoms with Crippen molar-refractivity contribution in [3.05, 3.63) is 0 Å². The van der Waals surface area contributed by atoms with Crippen molar-refractivity contribution < 1.29 is 13.2 Å². The molecule has 0 aromatic rings. The molecule has 1 aliphatic carbocycles. The summed E-state index contributed by atoms with van der Waals surface area (Å²) in [6, 6.07) is -0.0287. The standard InChI is InChI=1S/C10H18BrNO3S/c1-8-6-15-10(4-11)5-12(8)16(13,14)7-9-2-3-9/h8-10H,2-7H2,1H3. The second-order valence-electron chi connectivity index (χ2n) is 4.75. The van der Waals surface area contributed by atoms with E-state index < -0.39 is 10.0 Å². The molecule has 1 aliphatic heterocycles. The molecule has 94 valence electrons. The van der Waals surface area contributed by atoms with E-state index in [4.69, 9.17) is 4.74 Å². The van der Waals surface area contributed by atoms with Gasteiger partial charge in [0, 0.05) is 17.9 Å². The number of hydrogen-bond acceptors (Lipinski definition) is 3. The highest BCUT2D eigenvalue weighted by atomic mass is 79.9. The summed E-state index contributed by atoms with van der Waals surface area (Å²) in [6.07, 6.45) is 2.13. The Bertz CT molecular complexity index is 342. The summed E-state index contributed by atoms with van der Waals surface area (Å²) in [5.41, 5.74) is 0. The third kappa shape index (κ3) is 2.97. The minimum absolute atomic E-state index is 0.00909. The molecule has 6 heteroatoms. The van der Waals surface area contributed by atoms with E-state index in [-0.39, 0.29) is 12.1 Å². The molecule has 2 rings (SSSR count). The van der Waals surface area contributed by atoms with E-state index in [9.17, 15) is 8.42 Å². The van der Waals surface area contributed by atoms with Crippen LogP contribution in [0.25, 0.3) is 0 Å². The summed E-state index contributed by atoms with van der Waals surface area (Å²) in [4.78, 5) is 0. The van der Waals surface area contributed by atoms with Gasteiger partial charge in [0.05, 0.1) is 18.5 Å². The Balaban J connectivity index is 2.04. The van der Waals surface area contributed by atoms with Gasteiger partial charge in [0.1, 0.15) is 0 Å². The molecule has 1 saturated carbocycles. The normalized spacial score (nSPS) is 32.9. The van der Waals surface area contributed by atoms with Crippen molar-refractivity contribution in [1.82, 2.24) is 4.31 Å². The van der Waals surface area contributed by atoms with Crippen molar-refractivity contribution in [2.45, 2.75) is 31.9 Å². The first-order valence-corrected chi connectivity index (χ1v) is 8.43. The Morgan fingerprint density at radius 1 is 1.44 bits per heavy atom. The summed E-state index contributed by atoms with van der Waals surface area (Å²) < 4.78 is 31.5. The van der Waals surface area contributed by atoms with Crippen LogP contribution in [0.3, 0.4) is 0 Å². The number of alkyl halides is 1. The van der Waals surface area contributed by atoms with E-state index in [0.29, 0.717) is 30.2 Å². The molecule has 0 radical (unpaired) electrons. The van der Waals surface area contributed by atoms with E-state index in [1.807, 2.05) is 6.92 Å². The van der Waals surface area contributed by atoms with Crippen molar-refractivity contribution in [1.29, 1.82) is 0 Å². The Morgan fingerprint density at radius 2 is 2.12 bits per heavy atom. The molecule has 16 heavy (non-hydrogen) atoms. The number of nitrogens with zero attached hydrogens (tertiary/aromatic N) is 1. The lowest BCUT2D eigenvalue weighted by Crippen LogP contribution is -2.52. The first-order chi connectivity index (χ1) is 7.53. The highest BCUT2D eigenvalue weighted by molar-refractivity contribution is 9.09. The summed E-state index contributed by atoms with van der Waals surface area (Å²) in [5.74, 6) is 0.731. The second kappa shape index (κ2) is 4.92. The first kappa shape index (κ1) is 12.8. The third-order valence-corrected chi connectivity index (χ3v) is 5.96. The van der Waals surface area contributed by atoms with Crippen LogP contribution in [0.1, 0.15) is 19.8 Å². The zero-order valence-corrected chi connectivity index (χ0v) is 11.8. The summed E-state index contributed by atoms with van der Waals surface area (Å²) in [7, 11) is -3.08. The average molecular weight is 312 g/mol. The zero-order valence-electron chi connectivity index (χ0n) is 9.43. The predicted octanol–water partition coefficient (Wildman–Crippen LogP) is 1.21. The molecule has 4 nitrogen and oxygen atoms in total. The monoisotopic (exact) mass is 311 g/mol. The average Bonchev–Trinajstić information content (AvgIpc) is 3.01. The van der Waals surface area contributed by atoms with Crippen LogP contribution in [0, 0.1) is 5.92 Å². The molecule has 2 aliphatic rings. The van der Waals surface area contributed by atoms with E-state index in [2.05, 4.69) is 15.9 Å². The number of sulfonamides is 1. The lowest BCUT2D eigenvalue weighted by molar-refractivity contribution is -0.0139. The molecule has 0 bridgehead atoms. The maximum Gasteiger partial charge on any atom is 0.214 e.